The lowest BCUT2D eigenvalue weighted by atomic mass is 9.99. The first-order chi connectivity index (χ1) is 8.52. The van der Waals surface area contributed by atoms with Gasteiger partial charge in [-0.05, 0) is 26.2 Å². The molecule has 0 aromatic heterocycles. The molecule has 6 heteroatoms. The monoisotopic (exact) mass is 280 g/mol. The lowest BCUT2D eigenvalue weighted by Crippen LogP contribution is -2.47. The van der Waals surface area contributed by atoms with Crippen molar-refractivity contribution in [3.05, 3.63) is 0 Å². The van der Waals surface area contributed by atoms with E-state index in [2.05, 4.69) is 5.32 Å². The van der Waals surface area contributed by atoms with E-state index >= 15 is 0 Å². The highest BCUT2D eigenvalue weighted by atomic mass is 19.4. The molecule has 0 aromatic rings. The first-order valence-electron chi connectivity index (χ1n) is 6.69. The average molecular weight is 280 g/mol. The predicted molar refractivity (Wildman–Crippen MR) is 67.4 cm³/mol. The molecular formula is C13H23F3N2O. The third kappa shape index (κ3) is 3.41. The summed E-state index contributed by atoms with van der Waals surface area (Å²) in [6, 6.07) is -0.847. The smallest absolute Gasteiger partial charge is 0.322 e. The van der Waals surface area contributed by atoms with Crippen molar-refractivity contribution in [2.45, 2.75) is 71.4 Å². The second kappa shape index (κ2) is 5.31. The Labute approximate surface area is 112 Å². The molecule has 112 valence electrons. The van der Waals surface area contributed by atoms with Crippen molar-refractivity contribution in [1.82, 2.24) is 10.2 Å². The molecule has 3 nitrogen and oxygen atoms in total. The van der Waals surface area contributed by atoms with E-state index in [0.717, 1.165) is 0 Å². The number of hydrogen-bond acceptors (Lipinski definition) is 2. The minimum Gasteiger partial charge on any atom is -0.322 e. The maximum atomic E-state index is 12.5. The van der Waals surface area contributed by atoms with Crippen molar-refractivity contribution in [2.75, 3.05) is 0 Å². The van der Waals surface area contributed by atoms with Crippen LogP contribution in [-0.4, -0.2) is 34.7 Å². The van der Waals surface area contributed by atoms with Crippen LogP contribution in [0.15, 0.2) is 0 Å². The first-order valence-corrected chi connectivity index (χ1v) is 6.69. The highest BCUT2D eigenvalue weighted by Crippen LogP contribution is 2.32. The van der Waals surface area contributed by atoms with Gasteiger partial charge in [0.05, 0.1) is 18.1 Å². The summed E-state index contributed by atoms with van der Waals surface area (Å²) in [5.41, 5.74) is -0.755. The zero-order valence-corrected chi connectivity index (χ0v) is 12.1. The van der Waals surface area contributed by atoms with Crippen LogP contribution < -0.4 is 5.32 Å². The molecule has 1 aliphatic rings. The summed E-state index contributed by atoms with van der Waals surface area (Å²) < 4.78 is 37.6. The summed E-state index contributed by atoms with van der Waals surface area (Å²) in [7, 11) is 0. The highest BCUT2D eigenvalue weighted by Gasteiger charge is 2.50. The van der Waals surface area contributed by atoms with Gasteiger partial charge in [-0.2, -0.15) is 13.2 Å². The van der Waals surface area contributed by atoms with Crippen LogP contribution in [0.25, 0.3) is 0 Å². The van der Waals surface area contributed by atoms with Crippen LogP contribution in [0.3, 0.4) is 0 Å². The van der Waals surface area contributed by atoms with Gasteiger partial charge in [0.15, 0.2) is 0 Å². The standard InChI is InChI=1S/C13H23F3N2O/c1-6-12(5)11(19)18(10(17-12)8(2)3)9(4)7-13(14,15)16/h8-10,17H,6-7H2,1-5H3. The summed E-state index contributed by atoms with van der Waals surface area (Å²) in [5, 5.41) is 3.19. The van der Waals surface area contributed by atoms with Gasteiger partial charge in [-0.1, -0.05) is 20.8 Å². The number of nitrogens with zero attached hydrogens (tertiary/aromatic N) is 1. The fourth-order valence-corrected chi connectivity index (χ4v) is 2.52. The van der Waals surface area contributed by atoms with E-state index in [1.54, 1.807) is 6.92 Å². The number of nitrogens with one attached hydrogen (secondary N) is 1. The van der Waals surface area contributed by atoms with E-state index in [1.807, 2.05) is 20.8 Å². The molecule has 1 saturated heterocycles. The molecule has 1 amide bonds. The van der Waals surface area contributed by atoms with E-state index < -0.39 is 24.2 Å². The minimum atomic E-state index is -4.26. The number of hydrogen-bond donors (Lipinski definition) is 1. The van der Waals surface area contributed by atoms with Crippen LogP contribution in [-0.2, 0) is 4.79 Å². The normalized spacial score (nSPS) is 30.3. The molecule has 19 heavy (non-hydrogen) atoms. The second-order valence-electron chi connectivity index (χ2n) is 5.90. The van der Waals surface area contributed by atoms with Gasteiger partial charge in [0, 0.05) is 6.04 Å². The van der Waals surface area contributed by atoms with Crippen LogP contribution >= 0.6 is 0 Å². The quantitative estimate of drug-likeness (QED) is 0.858. The third-order valence-corrected chi connectivity index (χ3v) is 3.81. The zero-order valence-electron chi connectivity index (χ0n) is 12.1. The molecule has 1 heterocycles. The fraction of sp³-hybridized carbons (Fsp3) is 0.923. The molecule has 1 rings (SSSR count). The van der Waals surface area contributed by atoms with E-state index in [-0.39, 0.29) is 18.0 Å². The molecular weight excluding hydrogens is 257 g/mol. The van der Waals surface area contributed by atoms with Crippen molar-refractivity contribution in [1.29, 1.82) is 0 Å². The molecule has 1 fully saturated rings. The van der Waals surface area contributed by atoms with Crippen molar-refractivity contribution in [3.8, 4) is 0 Å². The molecule has 0 saturated carbocycles. The van der Waals surface area contributed by atoms with E-state index in [0.29, 0.717) is 6.42 Å². The number of halogens is 3. The second-order valence-corrected chi connectivity index (χ2v) is 5.90. The Bertz CT molecular complexity index is 343. The van der Waals surface area contributed by atoms with Crippen LogP contribution in [0.2, 0.25) is 0 Å². The summed E-state index contributed by atoms with van der Waals surface area (Å²) in [6.45, 7) is 8.88. The summed E-state index contributed by atoms with van der Waals surface area (Å²) >= 11 is 0. The number of carbonyl (C=O) groups excluding carboxylic acids is 1. The lowest BCUT2D eigenvalue weighted by molar-refractivity contribution is -0.155. The molecule has 3 unspecified atom stereocenters. The molecule has 1 aliphatic heterocycles. The van der Waals surface area contributed by atoms with Gasteiger partial charge in [-0.15, -0.1) is 0 Å². The van der Waals surface area contributed by atoms with Crippen molar-refractivity contribution in [3.63, 3.8) is 0 Å². The topological polar surface area (TPSA) is 32.3 Å². The fourth-order valence-electron chi connectivity index (χ4n) is 2.52. The van der Waals surface area contributed by atoms with Crippen LogP contribution in [0.5, 0.6) is 0 Å². The highest BCUT2D eigenvalue weighted by molar-refractivity contribution is 5.88. The average Bonchev–Trinajstić information content (AvgIpc) is 2.50. The third-order valence-electron chi connectivity index (χ3n) is 3.81. The molecule has 0 aliphatic carbocycles. The maximum Gasteiger partial charge on any atom is 0.391 e. The zero-order chi connectivity index (χ0) is 15.0. The molecule has 0 aromatic carbocycles. The van der Waals surface area contributed by atoms with Crippen molar-refractivity contribution < 1.29 is 18.0 Å². The lowest BCUT2D eigenvalue weighted by Gasteiger charge is -2.33. The van der Waals surface area contributed by atoms with Gasteiger partial charge in [0.25, 0.3) is 0 Å². The van der Waals surface area contributed by atoms with Gasteiger partial charge < -0.3 is 4.90 Å². The van der Waals surface area contributed by atoms with Crippen LogP contribution in [0, 0.1) is 5.92 Å². The van der Waals surface area contributed by atoms with Gasteiger partial charge >= 0.3 is 6.18 Å². The van der Waals surface area contributed by atoms with Gasteiger partial charge in [-0.3, -0.25) is 10.1 Å². The number of carbonyl (C=O) groups is 1. The Morgan fingerprint density at radius 1 is 1.37 bits per heavy atom. The first kappa shape index (κ1) is 16.3. The SMILES string of the molecule is CCC1(C)NC(C(C)C)N(C(C)CC(F)(F)F)C1=O. The molecule has 0 bridgehead atoms. The van der Waals surface area contributed by atoms with E-state index in [9.17, 15) is 18.0 Å². The predicted octanol–water partition coefficient (Wildman–Crippen LogP) is 2.91. The summed E-state index contributed by atoms with van der Waals surface area (Å²) in [6.07, 6.45) is -5.00. The van der Waals surface area contributed by atoms with Crippen molar-refractivity contribution in [2.24, 2.45) is 5.92 Å². The molecule has 3 atom stereocenters. The van der Waals surface area contributed by atoms with Crippen LogP contribution in [0.1, 0.15) is 47.5 Å². The summed E-state index contributed by atoms with van der Waals surface area (Å²) in [5.74, 6) is -0.168. The van der Waals surface area contributed by atoms with E-state index in [1.165, 1.54) is 11.8 Å². The Hall–Kier alpha value is -0.780. The minimum absolute atomic E-state index is 0.0630. The van der Waals surface area contributed by atoms with Crippen LogP contribution in [0.4, 0.5) is 13.2 Å². The Morgan fingerprint density at radius 3 is 2.26 bits per heavy atom. The van der Waals surface area contributed by atoms with Crippen molar-refractivity contribution >= 4 is 5.91 Å². The molecule has 0 spiro atoms. The molecule has 1 N–H and O–H groups in total. The van der Waals surface area contributed by atoms with Gasteiger partial charge in [-0.25, -0.2) is 0 Å². The number of rotatable bonds is 4. The van der Waals surface area contributed by atoms with Gasteiger partial charge in [0.1, 0.15) is 0 Å². The van der Waals surface area contributed by atoms with Gasteiger partial charge in [0.2, 0.25) is 5.91 Å². The Kier molecular flexibility index (Phi) is 4.55. The Balaban J connectivity index is 2.98. The molecule has 0 radical (unpaired) electrons. The largest absolute Gasteiger partial charge is 0.391 e. The number of amides is 1. The Morgan fingerprint density at radius 2 is 1.89 bits per heavy atom. The maximum absolute atomic E-state index is 12.5. The number of alkyl halides is 3. The van der Waals surface area contributed by atoms with E-state index in [4.69, 9.17) is 0 Å². The summed E-state index contributed by atoms with van der Waals surface area (Å²) in [4.78, 5) is 13.8.